The molecule has 0 bridgehead atoms. The van der Waals surface area contributed by atoms with Crippen molar-refractivity contribution >= 4 is 33.3 Å². The van der Waals surface area contributed by atoms with Gasteiger partial charge in [0.15, 0.2) is 6.33 Å². The molecule has 3 aromatic heterocycles. The van der Waals surface area contributed by atoms with E-state index in [1.807, 2.05) is 6.92 Å². The molecule has 6 rings (SSSR count). The fraction of sp³-hybridized carbons (Fsp3) is 0.188. The molecule has 2 amide bonds. The number of carbonyl (C=O) groups excluding carboxylic acids is 1. The van der Waals surface area contributed by atoms with Gasteiger partial charge in [-0.15, -0.1) is 21.5 Å². The number of benzene rings is 3. The highest BCUT2D eigenvalue weighted by Crippen LogP contribution is 2.41. The van der Waals surface area contributed by atoms with Gasteiger partial charge in [0.25, 0.3) is 5.56 Å². The number of halogens is 2. The van der Waals surface area contributed by atoms with Crippen LogP contribution in [0, 0.1) is 11.6 Å². The van der Waals surface area contributed by atoms with Crippen LogP contribution >= 0.6 is 11.3 Å². The number of hydrogen-bond donors (Lipinski definition) is 3. The number of hydrogen-bond acceptors (Lipinski definition) is 9. The standard InChI is InChI=1S/C32H29F2N9O4S/c1-19(35-15-16-42-37-18-36-40-42)26-27-29(44)43(22-7-4-3-5-8-22)32(46)41(17-23-24(33)9-6-10-25(23)34)30(27)48-28(26)20-11-13-21(14-12-20)38-31(45)39-47-2/h3-14,18-19,35H,15-17H2,1-2H3,(H2,38,39,45). The monoisotopic (exact) mass is 673 g/mol. The van der Waals surface area contributed by atoms with E-state index >= 15 is 0 Å². The molecule has 0 aliphatic heterocycles. The highest BCUT2D eigenvalue weighted by atomic mass is 32.1. The first-order valence-electron chi connectivity index (χ1n) is 14.7. The molecule has 1 atom stereocenters. The first kappa shape index (κ1) is 32.4. The van der Waals surface area contributed by atoms with E-state index in [2.05, 4.69) is 36.4 Å². The first-order valence-corrected chi connectivity index (χ1v) is 15.5. The van der Waals surface area contributed by atoms with E-state index < -0.39 is 41.5 Å². The van der Waals surface area contributed by atoms with E-state index in [9.17, 15) is 23.2 Å². The summed E-state index contributed by atoms with van der Waals surface area (Å²) in [6.07, 6.45) is 1.33. The van der Waals surface area contributed by atoms with Crippen molar-refractivity contribution in [1.29, 1.82) is 0 Å². The first-order chi connectivity index (χ1) is 23.3. The molecule has 3 heterocycles. The Morgan fingerprint density at radius 1 is 1.00 bits per heavy atom. The SMILES string of the molecule is CONC(=O)Nc1ccc(-c2sc3c(c2C(C)NCCn2ncnn2)c(=O)n(-c2ccccc2)c(=O)n3Cc2c(F)cccc2F)cc1. The number of carbonyl (C=O) groups is 1. The molecule has 0 saturated carbocycles. The Kier molecular flexibility index (Phi) is 9.47. The maximum absolute atomic E-state index is 15.0. The van der Waals surface area contributed by atoms with Crippen molar-refractivity contribution in [3.8, 4) is 16.1 Å². The highest BCUT2D eigenvalue weighted by Gasteiger charge is 2.27. The second kappa shape index (κ2) is 14.0. The number of tetrazole rings is 1. The normalized spacial score (nSPS) is 11.9. The minimum Gasteiger partial charge on any atom is -0.308 e. The Bertz CT molecular complexity index is 2160. The predicted octanol–water partition coefficient (Wildman–Crippen LogP) is 4.23. The van der Waals surface area contributed by atoms with Crippen molar-refractivity contribution in [3.05, 3.63) is 123 Å². The third-order valence-electron chi connectivity index (χ3n) is 7.59. The Hall–Kier alpha value is -5.58. The van der Waals surface area contributed by atoms with Gasteiger partial charge < -0.3 is 10.6 Å². The van der Waals surface area contributed by atoms with Crippen LogP contribution in [0.15, 0.2) is 88.7 Å². The summed E-state index contributed by atoms with van der Waals surface area (Å²) in [5.74, 6) is -1.64. The molecule has 0 radical (unpaired) electrons. The molecule has 6 aromatic rings. The van der Waals surface area contributed by atoms with E-state index in [1.54, 1.807) is 54.6 Å². The Labute approximate surface area is 275 Å². The van der Waals surface area contributed by atoms with Gasteiger partial charge in [0.1, 0.15) is 16.5 Å². The van der Waals surface area contributed by atoms with Crippen LogP contribution in [0.25, 0.3) is 26.3 Å². The van der Waals surface area contributed by atoms with Gasteiger partial charge in [-0.05, 0) is 54.1 Å². The van der Waals surface area contributed by atoms with E-state index in [0.717, 1.165) is 28.0 Å². The van der Waals surface area contributed by atoms with Crippen LogP contribution in [-0.4, -0.2) is 49.0 Å². The number of nitrogens with zero attached hydrogens (tertiary/aromatic N) is 6. The summed E-state index contributed by atoms with van der Waals surface area (Å²) in [7, 11) is 1.31. The molecule has 246 valence electrons. The third-order valence-corrected chi connectivity index (χ3v) is 8.87. The molecule has 0 spiro atoms. The van der Waals surface area contributed by atoms with Gasteiger partial charge in [-0.3, -0.25) is 14.2 Å². The number of thiophene rings is 1. The van der Waals surface area contributed by atoms with Crippen LogP contribution in [0.4, 0.5) is 19.3 Å². The molecule has 48 heavy (non-hydrogen) atoms. The zero-order valence-corrected chi connectivity index (χ0v) is 26.5. The number of rotatable bonds is 11. The second-order valence-electron chi connectivity index (χ2n) is 10.6. The van der Waals surface area contributed by atoms with Gasteiger partial charge >= 0.3 is 11.7 Å². The van der Waals surface area contributed by atoms with Crippen molar-refractivity contribution < 1.29 is 18.4 Å². The second-order valence-corrected chi connectivity index (χ2v) is 11.6. The summed E-state index contributed by atoms with van der Waals surface area (Å²) >= 11 is 1.16. The molecule has 3 N–H and O–H groups in total. The number of para-hydroxylation sites is 1. The van der Waals surface area contributed by atoms with Crippen molar-refractivity contribution in [3.63, 3.8) is 0 Å². The topological polar surface area (TPSA) is 150 Å². The summed E-state index contributed by atoms with van der Waals surface area (Å²) in [6.45, 7) is 2.20. The van der Waals surface area contributed by atoms with Gasteiger partial charge in [-0.1, -0.05) is 36.4 Å². The van der Waals surface area contributed by atoms with Crippen molar-refractivity contribution in [2.75, 3.05) is 19.0 Å². The van der Waals surface area contributed by atoms with Crippen molar-refractivity contribution in [1.82, 2.24) is 40.1 Å². The molecule has 3 aromatic carbocycles. The summed E-state index contributed by atoms with van der Waals surface area (Å²) in [6, 6.07) is 17.7. The lowest BCUT2D eigenvalue weighted by molar-refractivity contribution is 0.114. The lowest BCUT2D eigenvalue weighted by Crippen LogP contribution is -2.39. The maximum Gasteiger partial charge on any atom is 0.343 e. The van der Waals surface area contributed by atoms with Gasteiger partial charge in [0.2, 0.25) is 0 Å². The van der Waals surface area contributed by atoms with Crippen LogP contribution in [0.2, 0.25) is 0 Å². The number of anilines is 1. The Balaban J connectivity index is 1.57. The highest BCUT2D eigenvalue weighted by molar-refractivity contribution is 7.22. The molecule has 0 fully saturated rings. The zero-order valence-electron chi connectivity index (χ0n) is 25.7. The fourth-order valence-electron chi connectivity index (χ4n) is 5.38. The third kappa shape index (κ3) is 6.48. The van der Waals surface area contributed by atoms with Crippen LogP contribution < -0.4 is 27.4 Å². The zero-order chi connectivity index (χ0) is 33.8. The summed E-state index contributed by atoms with van der Waals surface area (Å²) < 4.78 is 32.2. The average Bonchev–Trinajstić information content (AvgIpc) is 3.74. The minimum atomic E-state index is -0.818. The van der Waals surface area contributed by atoms with Crippen LogP contribution in [0.5, 0.6) is 0 Å². The van der Waals surface area contributed by atoms with Gasteiger partial charge in [0, 0.05) is 34.3 Å². The van der Waals surface area contributed by atoms with E-state index in [0.29, 0.717) is 40.5 Å². The summed E-state index contributed by atoms with van der Waals surface area (Å²) in [5, 5.41) is 17.9. The molecular weight excluding hydrogens is 644 g/mol. The van der Waals surface area contributed by atoms with Crippen LogP contribution in [0.3, 0.4) is 0 Å². The van der Waals surface area contributed by atoms with Gasteiger partial charge in [0.05, 0.1) is 31.3 Å². The molecular formula is C32H29F2N9O4S. The molecule has 0 aliphatic carbocycles. The molecule has 13 nitrogen and oxygen atoms in total. The smallest absolute Gasteiger partial charge is 0.308 e. The Morgan fingerprint density at radius 3 is 2.40 bits per heavy atom. The van der Waals surface area contributed by atoms with Crippen molar-refractivity contribution in [2.24, 2.45) is 0 Å². The number of amides is 2. The predicted molar refractivity (Wildman–Crippen MR) is 176 cm³/mol. The molecule has 0 saturated heterocycles. The molecule has 16 heteroatoms. The minimum absolute atomic E-state index is 0.218. The van der Waals surface area contributed by atoms with E-state index in [1.165, 1.54) is 28.9 Å². The average molecular weight is 674 g/mol. The van der Waals surface area contributed by atoms with Gasteiger partial charge in [-0.2, -0.15) is 4.80 Å². The van der Waals surface area contributed by atoms with Gasteiger partial charge in [-0.25, -0.2) is 28.4 Å². The van der Waals surface area contributed by atoms with E-state index in [4.69, 9.17) is 0 Å². The number of urea groups is 1. The number of nitrogens with one attached hydrogen (secondary N) is 3. The number of fused-ring (bicyclic) bond motifs is 1. The van der Waals surface area contributed by atoms with Crippen LogP contribution in [0.1, 0.15) is 24.1 Å². The summed E-state index contributed by atoms with van der Waals surface area (Å²) in [4.78, 5) is 47.5. The molecule has 0 aliphatic rings. The van der Waals surface area contributed by atoms with Crippen molar-refractivity contribution in [2.45, 2.75) is 26.1 Å². The largest absolute Gasteiger partial charge is 0.343 e. The van der Waals surface area contributed by atoms with Crippen LogP contribution in [-0.2, 0) is 17.9 Å². The Morgan fingerprint density at radius 2 is 1.73 bits per heavy atom. The number of hydroxylamine groups is 1. The quantitative estimate of drug-likeness (QED) is 0.173. The lowest BCUT2D eigenvalue weighted by atomic mass is 10.0. The molecule has 1 unspecified atom stereocenters. The number of aromatic nitrogens is 6. The lowest BCUT2D eigenvalue weighted by Gasteiger charge is -2.17. The maximum atomic E-state index is 15.0. The fourth-order valence-corrected chi connectivity index (χ4v) is 6.76. The summed E-state index contributed by atoms with van der Waals surface area (Å²) in [5.41, 5.74) is 2.58. The van der Waals surface area contributed by atoms with E-state index in [-0.39, 0.29) is 15.8 Å².